The van der Waals surface area contributed by atoms with E-state index in [9.17, 15) is 0 Å². The lowest BCUT2D eigenvalue weighted by atomic mass is 10.2. The first kappa shape index (κ1) is 14.9. The first-order valence-corrected chi connectivity index (χ1v) is 9.00. The van der Waals surface area contributed by atoms with E-state index in [1.54, 1.807) is 16.7 Å². The zero-order valence-electron chi connectivity index (χ0n) is 12.2. The van der Waals surface area contributed by atoms with Gasteiger partial charge in [-0.25, -0.2) is 4.68 Å². The van der Waals surface area contributed by atoms with Gasteiger partial charge in [-0.15, -0.1) is 5.10 Å². The van der Waals surface area contributed by atoms with Crippen molar-refractivity contribution in [1.29, 1.82) is 0 Å². The molecule has 0 unspecified atom stereocenters. The molecule has 0 aromatic carbocycles. The second-order valence-corrected chi connectivity index (χ2v) is 7.52. The number of hydrogen-bond acceptors (Lipinski definition) is 3. The van der Waals surface area contributed by atoms with E-state index in [1.165, 1.54) is 38.5 Å². The van der Waals surface area contributed by atoms with Crippen molar-refractivity contribution in [2.45, 2.75) is 57.3 Å². The van der Waals surface area contributed by atoms with Gasteiger partial charge in [-0.2, -0.15) is 0 Å². The van der Waals surface area contributed by atoms with Gasteiger partial charge in [-0.3, -0.25) is 9.30 Å². The van der Waals surface area contributed by atoms with Crippen LogP contribution in [0.5, 0.6) is 0 Å². The molecule has 2 fully saturated rings. The van der Waals surface area contributed by atoms with E-state index >= 15 is 0 Å². The summed E-state index contributed by atoms with van der Waals surface area (Å²) in [6, 6.07) is 3.09. The quantitative estimate of drug-likeness (QED) is 0.752. The predicted octanol–water partition coefficient (Wildman–Crippen LogP) is 4.54. The van der Waals surface area contributed by atoms with Gasteiger partial charge in [-0.1, -0.05) is 36.0 Å². The first-order valence-electron chi connectivity index (χ1n) is 7.83. The SMILES string of the molecule is S=c1n(CN(C2CCCC2)C2CC2)nc2c(Cl)cc(Cl)cn12. The van der Waals surface area contributed by atoms with E-state index in [0.29, 0.717) is 32.5 Å². The molecule has 2 aliphatic carbocycles. The third-order valence-corrected chi connectivity index (χ3v) is 5.60. The van der Waals surface area contributed by atoms with Crippen LogP contribution in [0.4, 0.5) is 0 Å². The van der Waals surface area contributed by atoms with Crippen LogP contribution in [0.2, 0.25) is 10.0 Å². The van der Waals surface area contributed by atoms with Crippen molar-refractivity contribution in [3.05, 3.63) is 27.1 Å². The van der Waals surface area contributed by atoms with Crippen molar-refractivity contribution in [2.75, 3.05) is 0 Å². The van der Waals surface area contributed by atoms with Gasteiger partial charge in [0.15, 0.2) is 5.65 Å². The predicted molar refractivity (Wildman–Crippen MR) is 91.2 cm³/mol. The van der Waals surface area contributed by atoms with Crippen LogP contribution in [-0.4, -0.2) is 31.2 Å². The monoisotopic (exact) mass is 356 g/mol. The van der Waals surface area contributed by atoms with Crippen molar-refractivity contribution >= 4 is 41.1 Å². The molecule has 2 aromatic rings. The van der Waals surface area contributed by atoms with Gasteiger partial charge < -0.3 is 0 Å². The molecule has 0 amide bonds. The Bertz CT molecular complexity index is 759. The molecule has 2 heterocycles. The fraction of sp³-hybridized carbons (Fsp3) is 0.600. The van der Waals surface area contributed by atoms with Gasteiger partial charge in [0.1, 0.15) is 0 Å². The Morgan fingerprint density at radius 2 is 1.86 bits per heavy atom. The number of halogens is 2. The average Bonchev–Trinajstić information content (AvgIpc) is 3.08. The maximum absolute atomic E-state index is 6.25. The third-order valence-electron chi connectivity index (χ3n) is 4.71. The number of pyridine rings is 1. The zero-order chi connectivity index (χ0) is 15.3. The van der Waals surface area contributed by atoms with Crippen LogP contribution in [0.15, 0.2) is 12.3 Å². The summed E-state index contributed by atoms with van der Waals surface area (Å²) < 4.78 is 4.35. The minimum atomic E-state index is 0.538. The Balaban J connectivity index is 1.69. The van der Waals surface area contributed by atoms with Crippen LogP contribution in [0.3, 0.4) is 0 Å². The standard InChI is InChI=1S/C15H18Cl2N4S/c16-10-7-13(17)14-18-21(15(22)19(14)8-10)9-20(12-5-6-12)11-3-1-2-4-11/h7-8,11-12H,1-6,9H2. The molecular weight excluding hydrogens is 339 g/mol. The summed E-state index contributed by atoms with van der Waals surface area (Å²) in [6.45, 7) is 0.754. The van der Waals surface area contributed by atoms with Crippen LogP contribution in [0.25, 0.3) is 5.65 Å². The Morgan fingerprint density at radius 3 is 2.55 bits per heavy atom. The summed E-state index contributed by atoms with van der Waals surface area (Å²) >= 11 is 17.9. The lowest BCUT2D eigenvalue weighted by molar-refractivity contribution is 0.134. The van der Waals surface area contributed by atoms with Crippen LogP contribution < -0.4 is 0 Å². The summed E-state index contributed by atoms with van der Waals surface area (Å²) in [5.41, 5.74) is 0.679. The minimum Gasteiger partial charge on any atom is -0.278 e. The van der Waals surface area contributed by atoms with E-state index in [0.717, 1.165) is 6.67 Å². The lowest BCUT2D eigenvalue weighted by Gasteiger charge is -2.28. The smallest absolute Gasteiger partial charge is 0.203 e. The summed E-state index contributed by atoms with van der Waals surface area (Å²) in [6.07, 6.45) is 9.64. The highest BCUT2D eigenvalue weighted by Crippen LogP contribution is 2.35. The van der Waals surface area contributed by atoms with Crippen molar-refractivity contribution < 1.29 is 0 Å². The second-order valence-electron chi connectivity index (χ2n) is 6.31. The van der Waals surface area contributed by atoms with Crippen molar-refractivity contribution in [1.82, 2.24) is 19.1 Å². The second kappa shape index (κ2) is 5.78. The zero-order valence-corrected chi connectivity index (χ0v) is 14.5. The number of nitrogens with zero attached hydrogens (tertiary/aromatic N) is 4. The largest absolute Gasteiger partial charge is 0.278 e. The highest BCUT2D eigenvalue weighted by atomic mass is 35.5. The molecule has 4 nitrogen and oxygen atoms in total. The molecule has 7 heteroatoms. The molecule has 2 aliphatic rings. The Morgan fingerprint density at radius 1 is 1.18 bits per heavy atom. The minimum absolute atomic E-state index is 0.538. The van der Waals surface area contributed by atoms with E-state index < -0.39 is 0 Å². The van der Waals surface area contributed by atoms with Crippen LogP contribution >= 0.6 is 35.4 Å². The normalized spacial score (nSPS) is 19.6. The molecule has 22 heavy (non-hydrogen) atoms. The maximum Gasteiger partial charge on any atom is 0.203 e. The molecule has 0 atom stereocenters. The fourth-order valence-corrected chi connectivity index (χ4v) is 4.21. The Hall–Kier alpha value is -0.620. The molecule has 2 saturated carbocycles. The summed E-state index contributed by atoms with van der Waals surface area (Å²) in [5.74, 6) is 0. The number of hydrogen-bond donors (Lipinski definition) is 0. The van der Waals surface area contributed by atoms with Gasteiger partial charge >= 0.3 is 0 Å². The molecule has 0 bridgehead atoms. The number of rotatable bonds is 4. The number of fused-ring (bicyclic) bond motifs is 1. The fourth-order valence-electron chi connectivity index (χ4n) is 3.46. The van der Waals surface area contributed by atoms with E-state index in [-0.39, 0.29) is 0 Å². The van der Waals surface area contributed by atoms with E-state index in [1.807, 2.05) is 4.68 Å². The highest BCUT2D eigenvalue weighted by molar-refractivity contribution is 7.71. The van der Waals surface area contributed by atoms with Crippen molar-refractivity contribution in [3.8, 4) is 0 Å². The summed E-state index contributed by atoms with van der Waals surface area (Å²) in [4.78, 5) is 2.59. The third kappa shape index (κ3) is 2.68. The average molecular weight is 357 g/mol. The first-order chi connectivity index (χ1) is 10.6. The van der Waals surface area contributed by atoms with Gasteiger partial charge in [0.25, 0.3) is 0 Å². The molecule has 118 valence electrons. The number of aromatic nitrogens is 3. The Kier molecular flexibility index (Phi) is 3.93. The van der Waals surface area contributed by atoms with Gasteiger partial charge in [0.2, 0.25) is 4.77 Å². The van der Waals surface area contributed by atoms with Gasteiger partial charge in [0, 0.05) is 18.3 Å². The molecule has 2 aromatic heterocycles. The van der Waals surface area contributed by atoms with Crippen molar-refractivity contribution in [2.24, 2.45) is 0 Å². The topological polar surface area (TPSA) is 25.5 Å². The van der Waals surface area contributed by atoms with Gasteiger partial charge in [0.05, 0.1) is 16.7 Å². The molecular formula is C15H18Cl2N4S. The molecule has 0 N–H and O–H groups in total. The Labute approximate surface area is 144 Å². The summed E-state index contributed by atoms with van der Waals surface area (Å²) in [5, 5.41) is 5.73. The van der Waals surface area contributed by atoms with Crippen LogP contribution in [-0.2, 0) is 6.67 Å². The van der Waals surface area contributed by atoms with Crippen LogP contribution in [0.1, 0.15) is 38.5 Å². The van der Waals surface area contributed by atoms with Crippen LogP contribution in [0, 0.1) is 4.77 Å². The van der Waals surface area contributed by atoms with E-state index in [4.69, 9.17) is 35.4 Å². The molecule has 0 spiro atoms. The summed E-state index contributed by atoms with van der Waals surface area (Å²) in [7, 11) is 0. The molecule has 0 radical (unpaired) electrons. The molecule has 0 saturated heterocycles. The maximum atomic E-state index is 6.25. The molecule has 4 rings (SSSR count). The van der Waals surface area contributed by atoms with E-state index in [2.05, 4.69) is 10.00 Å². The van der Waals surface area contributed by atoms with Crippen molar-refractivity contribution in [3.63, 3.8) is 0 Å². The lowest BCUT2D eigenvalue weighted by Crippen LogP contribution is -2.37. The van der Waals surface area contributed by atoms with Gasteiger partial charge in [-0.05, 0) is 44.0 Å². The highest BCUT2D eigenvalue weighted by Gasteiger charge is 2.35. The molecule has 0 aliphatic heterocycles.